The van der Waals surface area contributed by atoms with Gasteiger partial charge in [0.05, 0.1) is 4.43 Å². The Morgan fingerprint density at radius 2 is 1.80 bits per heavy atom. The number of thioether (sulfide) groups is 1. The molecule has 0 aliphatic carbocycles. The molecule has 0 amide bonds. The Morgan fingerprint density at radius 1 is 1.27 bits per heavy atom. The summed E-state index contributed by atoms with van der Waals surface area (Å²) in [6.07, 6.45) is 0. The summed E-state index contributed by atoms with van der Waals surface area (Å²) in [5, 5.41) is 0.208. The van der Waals surface area contributed by atoms with Crippen molar-refractivity contribution in [3.05, 3.63) is 29.8 Å². The van der Waals surface area contributed by atoms with Crippen LogP contribution in [0.15, 0.2) is 29.2 Å². The lowest BCUT2D eigenvalue weighted by atomic mass is 9.87. The third-order valence-corrected chi connectivity index (χ3v) is 4.15. The Morgan fingerprint density at radius 3 is 2.20 bits per heavy atom. The van der Waals surface area contributed by atoms with Crippen LogP contribution < -0.4 is 0 Å². The Kier molecular flexibility index (Phi) is 4.64. The van der Waals surface area contributed by atoms with Crippen molar-refractivity contribution >= 4 is 39.5 Å². The molecule has 15 heavy (non-hydrogen) atoms. The Bertz CT molecular complexity index is 338. The van der Waals surface area contributed by atoms with E-state index in [1.165, 1.54) is 17.3 Å². The number of hydrogen-bond donors (Lipinski definition) is 0. The molecular formula is C12H15IOS. The number of rotatable bonds is 2. The highest BCUT2D eigenvalue weighted by atomic mass is 127. The lowest BCUT2D eigenvalue weighted by Gasteiger charge is -2.18. The van der Waals surface area contributed by atoms with Gasteiger partial charge in [-0.2, -0.15) is 0 Å². The number of halogens is 1. The van der Waals surface area contributed by atoms with Crippen molar-refractivity contribution in [2.75, 3.05) is 4.43 Å². The lowest BCUT2D eigenvalue weighted by Crippen LogP contribution is -2.10. The Balaban J connectivity index is 2.77. The predicted molar refractivity (Wildman–Crippen MR) is 74.9 cm³/mol. The van der Waals surface area contributed by atoms with E-state index in [-0.39, 0.29) is 10.5 Å². The maximum absolute atomic E-state index is 11.2. The van der Waals surface area contributed by atoms with E-state index < -0.39 is 0 Å². The minimum atomic E-state index is 0.177. The second-order valence-electron chi connectivity index (χ2n) is 4.38. The summed E-state index contributed by atoms with van der Waals surface area (Å²) >= 11 is 3.41. The SMILES string of the molecule is CC(C)(C)c1ccc(SC(=O)CI)cc1. The molecule has 0 bridgehead atoms. The van der Waals surface area contributed by atoms with Crippen molar-refractivity contribution in [1.29, 1.82) is 0 Å². The second kappa shape index (κ2) is 5.34. The van der Waals surface area contributed by atoms with Crippen LogP contribution in [0.5, 0.6) is 0 Å². The fraction of sp³-hybridized carbons (Fsp3) is 0.417. The molecule has 0 N–H and O–H groups in total. The van der Waals surface area contributed by atoms with Gasteiger partial charge >= 0.3 is 0 Å². The second-order valence-corrected chi connectivity index (χ2v) is 6.28. The molecule has 0 spiro atoms. The number of carbonyl (C=O) groups excluding carboxylic acids is 1. The van der Waals surface area contributed by atoms with Crippen LogP contribution in [0, 0.1) is 0 Å². The Hall–Kier alpha value is -0.0300. The average Bonchev–Trinajstić information content (AvgIpc) is 2.17. The summed E-state index contributed by atoms with van der Waals surface area (Å²) in [6, 6.07) is 8.25. The first-order valence-corrected chi connectivity index (χ1v) is 7.15. The number of alkyl halides is 1. The molecule has 1 nitrogen and oxygen atoms in total. The molecule has 0 saturated carbocycles. The van der Waals surface area contributed by atoms with Crippen molar-refractivity contribution < 1.29 is 4.79 Å². The Labute approximate surface area is 109 Å². The van der Waals surface area contributed by atoms with Crippen molar-refractivity contribution in [1.82, 2.24) is 0 Å². The van der Waals surface area contributed by atoms with Crippen LogP contribution in [0.3, 0.4) is 0 Å². The van der Waals surface area contributed by atoms with Gasteiger partial charge in [0.25, 0.3) is 0 Å². The maximum atomic E-state index is 11.2. The number of benzene rings is 1. The van der Waals surface area contributed by atoms with Crippen LogP contribution in [-0.2, 0) is 10.2 Å². The minimum absolute atomic E-state index is 0.177. The molecule has 0 radical (unpaired) electrons. The lowest BCUT2D eigenvalue weighted by molar-refractivity contribution is -0.108. The summed E-state index contributed by atoms with van der Waals surface area (Å²) in [4.78, 5) is 12.3. The zero-order valence-corrected chi connectivity index (χ0v) is 12.2. The predicted octanol–water partition coefficient (Wildman–Crippen LogP) is 4.04. The molecule has 0 fully saturated rings. The van der Waals surface area contributed by atoms with Crippen LogP contribution >= 0.6 is 34.4 Å². The summed E-state index contributed by atoms with van der Waals surface area (Å²) < 4.78 is 0.559. The molecule has 0 heterocycles. The van der Waals surface area contributed by atoms with E-state index in [0.29, 0.717) is 4.43 Å². The summed E-state index contributed by atoms with van der Waals surface area (Å²) in [5.74, 6) is 0. The first-order chi connectivity index (χ1) is 6.93. The molecule has 1 rings (SSSR count). The van der Waals surface area contributed by atoms with Gasteiger partial charge in [-0.15, -0.1) is 0 Å². The molecule has 0 aliphatic rings. The molecule has 1 aromatic rings. The van der Waals surface area contributed by atoms with Crippen LogP contribution in [-0.4, -0.2) is 9.54 Å². The van der Waals surface area contributed by atoms with Crippen molar-refractivity contribution in [3.8, 4) is 0 Å². The molecular weight excluding hydrogens is 319 g/mol. The molecule has 3 heteroatoms. The van der Waals surface area contributed by atoms with Crippen molar-refractivity contribution in [3.63, 3.8) is 0 Å². The van der Waals surface area contributed by atoms with Gasteiger partial charge < -0.3 is 0 Å². The molecule has 0 atom stereocenters. The van der Waals surface area contributed by atoms with E-state index in [1.807, 2.05) is 12.1 Å². The molecule has 0 aliphatic heterocycles. The van der Waals surface area contributed by atoms with E-state index in [4.69, 9.17) is 0 Å². The van der Waals surface area contributed by atoms with Crippen molar-refractivity contribution in [2.45, 2.75) is 31.1 Å². The van der Waals surface area contributed by atoms with Gasteiger partial charge in [0, 0.05) is 4.90 Å². The monoisotopic (exact) mass is 334 g/mol. The van der Waals surface area contributed by atoms with Gasteiger partial charge in [-0.25, -0.2) is 0 Å². The van der Waals surface area contributed by atoms with Crippen LogP contribution in [0.25, 0.3) is 0 Å². The molecule has 1 aromatic carbocycles. The minimum Gasteiger partial charge on any atom is -0.286 e. The van der Waals surface area contributed by atoms with Gasteiger partial charge in [0.2, 0.25) is 5.12 Å². The van der Waals surface area contributed by atoms with Crippen molar-refractivity contribution in [2.24, 2.45) is 0 Å². The largest absolute Gasteiger partial charge is 0.286 e. The first-order valence-electron chi connectivity index (χ1n) is 4.80. The first kappa shape index (κ1) is 13.0. The highest BCUT2D eigenvalue weighted by molar-refractivity contribution is 14.1. The average molecular weight is 334 g/mol. The van der Waals surface area contributed by atoms with Gasteiger partial charge in [0.1, 0.15) is 0 Å². The molecule has 0 saturated heterocycles. The molecule has 0 aromatic heterocycles. The number of hydrogen-bond acceptors (Lipinski definition) is 2. The van der Waals surface area contributed by atoms with Gasteiger partial charge in [-0.1, -0.05) is 67.3 Å². The standard InChI is InChI=1S/C12H15IOS/c1-12(2,3)9-4-6-10(7-5-9)15-11(14)8-13/h4-7H,8H2,1-3H3. The highest BCUT2D eigenvalue weighted by Gasteiger charge is 2.13. The summed E-state index contributed by atoms with van der Waals surface area (Å²) in [6.45, 7) is 6.56. The van der Waals surface area contributed by atoms with Gasteiger partial charge in [0.15, 0.2) is 0 Å². The third-order valence-electron chi connectivity index (χ3n) is 2.06. The highest BCUT2D eigenvalue weighted by Crippen LogP contribution is 2.26. The topological polar surface area (TPSA) is 17.1 Å². The molecule has 0 unspecified atom stereocenters. The van der Waals surface area contributed by atoms with E-state index in [0.717, 1.165) is 4.90 Å². The maximum Gasteiger partial charge on any atom is 0.203 e. The normalized spacial score (nSPS) is 11.5. The number of carbonyl (C=O) groups is 1. The van der Waals surface area contributed by atoms with Crippen LogP contribution in [0.2, 0.25) is 0 Å². The third kappa shape index (κ3) is 4.15. The van der Waals surface area contributed by atoms with Crippen LogP contribution in [0.4, 0.5) is 0 Å². The molecule has 82 valence electrons. The zero-order valence-electron chi connectivity index (χ0n) is 9.21. The van der Waals surface area contributed by atoms with Gasteiger partial charge in [-0.3, -0.25) is 4.79 Å². The fourth-order valence-corrected chi connectivity index (χ4v) is 2.24. The quantitative estimate of drug-likeness (QED) is 0.461. The summed E-state index contributed by atoms with van der Waals surface area (Å²) in [5.41, 5.74) is 1.48. The smallest absolute Gasteiger partial charge is 0.203 e. The van der Waals surface area contributed by atoms with E-state index in [2.05, 4.69) is 55.5 Å². The van der Waals surface area contributed by atoms with E-state index in [1.54, 1.807) is 0 Å². The van der Waals surface area contributed by atoms with E-state index >= 15 is 0 Å². The zero-order chi connectivity index (χ0) is 11.5. The van der Waals surface area contributed by atoms with Gasteiger partial charge in [-0.05, 0) is 23.1 Å². The van der Waals surface area contributed by atoms with Crippen LogP contribution in [0.1, 0.15) is 26.3 Å². The summed E-state index contributed by atoms with van der Waals surface area (Å²) in [7, 11) is 0. The fourth-order valence-electron chi connectivity index (χ4n) is 1.18. The van der Waals surface area contributed by atoms with E-state index in [9.17, 15) is 4.79 Å².